The van der Waals surface area contributed by atoms with Crippen molar-refractivity contribution in [3.8, 4) is 0 Å². The van der Waals surface area contributed by atoms with Crippen molar-refractivity contribution in [2.75, 3.05) is 26.3 Å². The highest BCUT2D eigenvalue weighted by molar-refractivity contribution is 6.01. The van der Waals surface area contributed by atoms with Gasteiger partial charge in [-0.2, -0.15) is 0 Å². The molecule has 0 unspecified atom stereocenters. The minimum Gasteiger partial charge on any atom is -0.460 e. The van der Waals surface area contributed by atoms with Gasteiger partial charge in [-0.25, -0.2) is 14.4 Å². The van der Waals surface area contributed by atoms with Crippen LogP contribution in [0.5, 0.6) is 0 Å². The van der Waals surface area contributed by atoms with Crippen LogP contribution in [-0.4, -0.2) is 65.9 Å². The van der Waals surface area contributed by atoms with Crippen molar-refractivity contribution in [2.45, 2.75) is 27.7 Å². The normalized spacial score (nSPS) is 9.69. The summed E-state index contributed by atoms with van der Waals surface area (Å²) in [7, 11) is 0. The zero-order valence-electron chi connectivity index (χ0n) is 15.5. The SMILES string of the molecule is C=C(C)C(=O)OCCN(C(C)=O)C(=O)N(CCOC(=O)C(=C)C)C(C)=O. The molecule has 0 aromatic rings. The van der Waals surface area contributed by atoms with E-state index in [0.29, 0.717) is 0 Å². The van der Waals surface area contributed by atoms with Gasteiger partial charge in [-0.05, 0) is 13.8 Å². The molecule has 0 radical (unpaired) electrons. The molecule has 9 heteroatoms. The highest BCUT2D eigenvalue weighted by Crippen LogP contribution is 2.03. The summed E-state index contributed by atoms with van der Waals surface area (Å²) in [6.45, 7) is 11.1. The molecular weight excluding hydrogens is 344 g/mol. The molecule has 0 N–H and O–H groups in total. The Balaban J connectivity index is 4.90. The Bertz CT molecular complexity index is 573. The predicted octanol–water partition coefficient (Wildman–Crippen LogP) is 1.04. The quantitative estimate of drug-likeness (QED) is 0.465. The van der Waals surface area contributed by atoms with Crippen molar-refractivity contribution >= 4 is 29.8 Å². The van der Waals surface area contributed by atoms with Gasteiger partial charge in [0.05, 0.1) is 13.1 Å². The zero-order valence-corrected chi connectivity index (χ0v) is 15.5. The van der Waals surface area contributed by atoms with Crippen molar-refractivity contribution < 1.29 is 33.4 Å². The van der Waals surface area contributed by atoms with Crippen LogP contribution in [0.25, 0.3) is 0 Å². The molecule has 0 spiro atoms. The first-order valence-corrected chi connectivity index (χ1v) is 7.74. The molecule has 144 valence electrons. The van der Waals surface area contributed by atoms with Gasteiger partial charge in [-0.1, -0.05) is 13.2 Å². The Morgan fingerprint density at radius 3 is 1.23 bits per heavy atom. The molecular formula is C17H24N2O7. The molecule has 0 aromatic heterocycles. The first-order valence-electron chi connectivity index (χ1n) is 7.74. The maximum atomic E-state index is 12.4. The van der Waals surface area contributed by atoms with Crippen molar-refractivity contribution in [3.63, 3.8) is 0 Å². The van der Waals surface area contributed by atoms with E-state index in [1.54, 1.807) is 0 Å². The van der Waals surface area contributed by atoms with E-state index < -0.39 is 29.8 Å². The van der Waals surface area contributed by atoms with Crippen LogP contribution in [0.15, 0.2) is 24.3 Å². The van der Waals surface area contributed by atoms with Gasteiger partial charge in [0, 0.05) is 25.0 Å². The van der Waals surface area contributed by atoms with E-state index in [1.807, 2.05) is 0 Å². The molecule has 0 rings (SSSR count). The second-order valence-electron chi connectivity index (χ2n) is 5.46. The number of hydrogen-bond acceptors (Lipinski definition) is 7. The van der Waals surface area contributed by atoms with Gasteiger partial charge in [-0.15, -0.1) is 0 Å². The standard InChI is InChI=1S/C17H24N2O7/c1-11(2)15(22)25-9-7-18(13(5)20)17(24)19(14(6)21)8-10-26-16(23)12(3)4/h1,3,7-10H2,2,4-6H3. The zero-order chi connectivity index (χ0) is 20.4. The third-order valence-corrected chi connectivity index (χ3v) is 3.02. The molecule has 0 heterocycles. The number of amides is 4. The minimum absolute atomic E-state index is 0.176. The summed E-state index contributed by atoms with van der Waals surface area (Å²) in [6.07, 6.45) is 0. The molecule has 0 saturated carbocycles. The van der Waals surface area contributed by atoms with E-state index in [4.69, 9.17) is 9.47 Å². The highest BCUT2D eigenvalue weighted by atomic mass is 16.5. The lowest BCUT2D eigenvalue weighted by Crippen LogP contribution is -2.49. The van der Waals surface area contributed by atoms with Gasteiger partial charge in [0.25, 0.3) is 0 Å². The number of imide groups is 2. The lowest BCUT2D eigenvalue weighted by molar-refractivity contribution is -0.142. The monoisotopic (exact) mass is 368 g/mol. The fraction of sp³-hybridized carbons (Fsp3) is 0.471. The second kappa shape index (κ2) is 10.8. The van der Waals surface area contributed by atoms with Gasteiger partial charge in [0.2, 0.25) is 11.8 Å². The first kappa shape index (κ1) is 23.0. The van der Waals surface area contributed by atoms with E-state index in [0.717, 1.165) is 23.6 Å². The molecule has 26 heavy (non-hydrogen) atoms. The first-order chi connectivity index (χ1) is 12.0. The predicted molar refractivity (Wildman–Crippen MR) is 91.7 cm³/mol. The molecule has 0 atom stereocenters. The number of ether oxygens (including phenoxy) is 2. The Labute approximate surface area is 152 Å². The summed E-state index contributed by atoms with van der Waals surface area (Å²) < 4.78 is 9.69. The molecule has 0 fully saturated rings. The van der Waals surface area contributed by atoms with Crippen molar-refractivity contribution in [2.24, 2.45) is 0 Å². The van der Waals surface area contributed by atoms with E-state index in [2.05, 4.69) is 13.2 Å². The fourth-order valence-electron chi connectivity index (χ4n) is 1.63. The molecule has 0 aliphatic heterocycles. The van der Waals surface area contributed by atoms with Gasteiger partial charge in [0.1, 0.15) is 13.2 Å². The van der Waals surface area contributed by atoms with Crippen LogP contribution < -0.4 is 0 Å². The van der Waals surface area contributed by atoms with Crippen LogP contribution in [0.1, 0.15) is 27.7 Å². The Hall–Kier alpha value is -2.97. The molecule has 0 saturated heterocycles. The summed E-state index contributed by atoms with van der Waals surface area (Å²) in [5.41, 5.74) is 0.353. The number of rotatable bonds is 8. The van der Waals surface area contributed by atoms with Crippen molar-refractivity contribution in [3.05, 3.63) is 24.3 Å². The smallest absolute Gasteiger partial charge is 0.333 e. The lowest BCUT2D eigenvalue weighted by Gasteiger charge is -2.26. The highest BCUT2D eigenvalue weighted by Gasteiger charge is 2.27. The summed E-state index contributed by atoms with van der Waals surface area (Å²) in [5.74, 6) is -2.58. The van der Waals surface area contributed by atoms with E-state index >= 15 is 0 Å². The molecule has 0 bridgehead atoms. The van der Waals surface area contributed by atoms with Crippen LogP contribution in [-0.2, 0) is 28.7 Å². The molecule has 0 aliphatic rings. The summed E-state index contributed by atoms with van der Waals surface area (Å²) in [4.78, 5) is 60.0. The molecule has 4 amide bonds. The van der Waals surface area contributed by atoms with E-state index in [-0.39, 0.29) is 37.4 Å². The van der Waals surface area contributed by atoms with Gasteiger partial charge in [0.15, 0.2) is 0 Å². The number of carbonyl (C=O) groups excluding carboxylic acids is 5. The Morgan fingerprint density at radius 1 is 0.692 bits per heavy atom. The number of esters is 2. The average Bonchev–Trinajstić information content (AvgIpc) is 2.53. The summed E-state index contributed by atoms with van der Waals surface area (Å²) >= 11 is 0. The third kappa shape index (κ3) is 7.73. The van der Waals surface area contributed by atoms with Crippen molar-refractivity contribution in [1.29, 1.82) is 0 Å². The van der Waals surface area contributed by atoms with Gasteiger partial charge in [-0.3, -0.25) is 19.4 Å². The lowest BCUT2D eigenvalue weighted by atomic mass is 10.4. The minimum atomic E-state index is -0.900. The number of carbonyl (C=O) groups is 5. The number of nitrogens with zero attached hydrogens (tertiary/aromatic N) is 2. The second-order valence-corrected chi connectivity index (χ2v) is 5.46. The molecule has 0 aromatic carbocycles. The van der Waals surface area contributed by atoms with Crippen LogP contribution in [0.4, 0.5) is 4.79 Å². The maximum Gasteiger partial charge on any atom is 0.333 e. The average molecular weight is 368 g/mol. The van der Waals surface area contributed by atoms with Crippen LogP contribution in [0.2, 0.25) is 0 Å². The number of urea groups is 1. The summed E-state index contributed by atoms with van der Waals surface area (Å²) in [6, 6.07) is -0.900. The van der Waals surface area contributed by atoms with Crippen LogP contribution in [0, 0.1) is 0 Å². The number of hydrogen-bond donors (Lipinski definition) is 0. The fourth-order valence-corrected chi connectivity index (χ4v) is 1.63. The van der Waals surface area contributed by atoms with Crippen molar-refractivity contribution in [1.82, 2.24) is 9.80 Å². The Morgan fingerprint density at radius 2 is 1.00 bits per heavy atom. The largest absolute Gasteiger partial charge is 0.460 e. The van der Waals surface area contributed by atoms with Crippen LogP contribution >= 0.6 is 0 Å². The third-order valence-electron chi connectivity index (χ3n) is 3.02. The van der Waals surface area contributed by atoms with E-state index in [1.165, 1.54) is 13.8 Å². The Kier molecular flexibility index (Phi) is 9.57. The topological polar surface area (TPSA) is 110 Å². The maximum absolute atomic E-state index is 12.4. The van der Waals surface area contributed by atoms with Gasteiger partial charge < -0.3 is 9.47 Å². The molecule has 9 nitrogen and oxygen atoms in total. The van der Waals surface area contributed by atoms with E-state index in [9.17, 15) is 24.0 Å². The molecule has 0 aliphatic carbocycles. The van der Waals surface area contributed by atoms with Crippen LogP contribution in [0.3, 0.4) is 0 Å². The summed E-state index contributed by atoms with van der Waals surface area (Å²) in [5, 5.41) is 0. The van der Waals surface area contributed by atoms with Gasteiger partial charge >= 0.3 is 18.0 Å².